The van der Waals surface area contributed by atoms with E-state index in [0.717, 1.165) is 10.8 Å². The molecular weight excluding hydrogens is 388 g/mol. The summed E-state index contributed by atoms with van der Waals surface area (Å²) in [7, 11) is 1.28. The molecule has 3 aromatic rings. The topological polar surface area (TPSA) is 136 Å². The molecule has 0 atom stereocenters. The van der Waals surface area contributed by atoms with Crippen molar-refractivity contribution in [2.45, 2.75) is 6.92 Å². The van der Waals surface area contributed by atoms with Crippen molar-refractivity contribution in [2.24, 2.45) is 12.1 Å². The van der Waals surface area contributed by atoms with E-state index in [-0.39, 0.29) is 33.6 Å². The van der Waals surface area contributed by atoms with Crippen molar-refractivity contribution in [2.75, 3.05) is 0 Å². The van der Waals surface area contributed by atoms with Crippen molar-refractivity contribution in [1.82, 2.24) is 9.58 Å². The lowest BCUT2D eigenvalue weighted by molar-refractivity contribution is 0.0616. The molecule has 2 N–H and O–H groups in total. The Morgan fingerprint density at radius 2 is 1.80 bits per heavy atom. The van der Waals surface area contributed by atoms with E-state index in [1.165, 1.54) is 26.1 Å². The maximum atomic E-state index is 12.9. The molecule has 4 rings (SSSR count). The lowest BCUT2D eigenvalue weighted by Crippen LogP contribution is -2.36. The van der Waals surface area contributed by atoms with Gasteiger partial charge in [0.15, 0.2) is 0 Å². The van der Waals surface area contributed by atoms with Gasteiger partial charge in [-0.05, 0) is 36.1 Å². The Kier molecular flexibility index (Phi) is 4.13. The molecule has 1 aliphatic heterocycles. The number of pyridine rings is 1. The maximum absolute atomic E-state index is 12.9. The molecule has 1 aromatic heterocycles. The van der Waals surface area contributed by atoms with Crippen LogP contribution in [0.1, 0.15) is 37.4 Å². The first-order chi connectivity index (χ1) is 14.3. The minimum absolute atomic E-state index is 0.0224. The molecule has 0 saturated heterocycles. The minimum atomic E-state index is -0.752. The predicted octanol–water partition coefficient (Wildman–Crippen LogP) is 1.76. The monoisotopic (exact) mass is 402 g/mol. The van der Waals surface area contributed by atoms with Crippen LogP contribution in [0.3, 0.4) is 0 Å². The summed E-state index contributed by atoms with van der Waals surface area (Å²) in [6.07, 6.45) is 1.05. The van der Waals surface area contributed by atoms with Gasteiger partial charge >= 0.3 is 0 Å². The molecule has 2 amide bonds. The number of hydrogen-bond donors (Lipinski definition) is 2. The van der Waals surface area contributed by atoms with Gasteiger partial charge in [0.05, 0.1) is 22.9 Å². The van der Waals surface area contributed by atoms with Crippen LogP contribution in [-0.4, -0.2) is 37.8 Å². The molecule has 0 fully saturated rings. The summed E-state index contributed by atoms with van der Waals surface area (Å²) in [6, 6.07) is 9.34. The second-order valence-corrected chi connectivity index (χ2v) is 6.78. The van der Waals surface area contributed by atoms with Gasteiger partial charge in [-0.25, -0.2) is 0 Å². The predicted molar refractivity (Wildman–Crippen MR) is 107 cm³/mol. The number of aromatic hydroxyl groups is 2. The summed E-state index contributed by atoms with van der Waals surface area (Å²) in [5, 5.41) is 35.0. The fourth-order valence-electron chi connectivity index (χ4n) is 3.49. The number of phenols is 1. The summed E-state index contributed by atoms with van der Waals surface area (Å²) < 4.78 is 0.876. The Morgan fingerprint density at radius 3 is 2.50 bits per heavy atom. The highest BCUT2D eigenvalue weighted by Crippen LogP contribution is 2.33. The Morgan fingerprint density at radius 1 is 1.10 bits per heavy atom. The zero-order chi connectivity index (χ0) is 21.7. The molecule has 2 heterocycles. The molecule has 9 nitrogen and oxygen atoms in total. The third-order valence-corrected chi connectivity index (χ3v) is 5.08. The normalized spacial score (nSPS) is 13.3. The molecule has 1 aliphatic rings. The molecule has 30 heavy (non-hydrogen) atoms. The third-order valence-electron chi connectivity index (χ3n) is 5.08. The SMILES string of the molecule is Cc1c(/C=N/N2C(=O)c3cccc4cc(O)cc(c34)C2=O)c(O)n(C)c(=O)c1C#N. The van der Waals surface area contributed by atoms with E-state index in [1.807, 2.05) is 0 Å². The summed E-state index contributed by atoms with van der Waals surface area (Å²) in [5.74, 6) is -2.02. The zero-order valence-corrected chi connectivity index (χ0v) is 15.9. The number of aromatic nitrogens is 1. The molecule has 2 aromatic carbocycles. The van der Waals surface area contributed by atoms with Crippen molar-refractivity contribution in [3.8, 4) is 17.7 Å². The molecule has 0 radical (unpaired) electrons. The lowest BCUT2D eigenvalue weighted by Gasteiger charge is -2.23. The van der Waals surface area contributed by atoms with Crippen molar-refractivity contribution >= 4 is 28.8 Å². The highest BCUT2D eigenvalue weighted by atomic mass is 16.3. The number of benzene rings is 2. The smallest absolute Gasteiger partial charge is 0.282 e. The van der Waals surface area contributed by atoms with E-state index >= 15 is 0 Å². The van der Waals surface area contributed by atoms with Gasteiger partial charge in [0, 0.05) is 12.4 Å². The number of imide groups is 1. The molecule has 0 saturated carbocycles. The molecule has 9 heteroatoms. The number of nitriles is 1. The van der Waals surface area contributed by atoms with E-state index in [2.05, 4.69) is 5.10 Å². The van der Waals surface area contributed by atoms with Crippen LogP contribution < -0.4 is 5.56 Å². The second kappa shape index (κ2) is 6.56. The fourth-order valence-corrected chi connectivity index (χ4v) is 3.49. The fraction of sp³-hybridized carbons (Fsp3) is 0.0952. The first kappa shape index (κ1) is 18.9. The minimum Gasteiger partial charge on any atom is -0.508 e. The number of phenolic OH excluding ortho intramolecular Hbond substituents is 1. The Hall–Kier alpha value is -4.45. The van der Waals surface area contributed by atoms with Gasteiger partial charge in [-0.15, -0.1) is 0 Å². The van der Waals surface area contributed by atoms with Crippen LogP contribution in [-0.2, 0) is 7.05 Å². The number of rotatable bonds is 2. The van der Waals surface area contributed by atoms with Gasteiger partial charge in [-0.1, -0.05) is 12.1 Å². The van der Waals surface area contributed by atoms with E-state index in [4.69, 9.17) is 0 Å². The van der Waals surface area contributed by atoms with E-state index in [1.54, 1.807) is 24.3 Å². The first-order valence-electron chi connectivity index (χ1n) is 8.77. The number of carbonyl (C=O) groups excluding carboxylic acids is 2. The number of hydrogen-bond acceptors (Lipinski definition) is 7. The van der Waals surface area contributed by atoms with Gasteiger partial charge in [-0.2, -0.15) is 15.4 Å². The molecule has 0 spiro atoms. The van der Waals surface area contributed by atoms with Gasteiger partial charge < -0.3 is 10.2 Å². The third kappa shape index (κ3) is 2.55. The first-order valence-corrected chi connectivity index (χ1v) is 8.77. The van der Waals surface area contributed by atoms with Gasteiger partial charge in [0.25, 0.3) is 17.4 Å². The Bertz CT molecular complexity index is 1410. The second-order valence-electron chi connectivity index (χ2n) is 6.78. The number of nitrogens with zero attached hydrogens (tertiary/aromatic N) is 4. The highest BCUT2D eigenvalue weighted by Gasteiger charge is 2.33. The van der Waals surface area contributed by atoms with Crippen LogP contribution in [0.4, 0.5) is 0 Å². The average Bonchev–Trinajstić information content (AvgIpc) is 2.72. The van der Waals surface area contributed by atoms with Gasteiger partial charge in [0.1, 0.15) is 17.4 Å². The molecule has 148 valence electrons. The van der Waals surface area contributed by atoms with Crippen LogP contribution in [0.15, 0.2) is 40.2 Å². The van der Waals surface area contributed by atoms with Crippen LogP contribution in [0.2, 0.25) is 0 Å². The number of carbonyl (C=O) groups is 2. The van der Waals surface area contributed by atoms with Crippen molar-refractivity contribution in [1.29, 1.82) is 5.26 Å². The number of amides is 2. The largest absolute Gasteiger partial charge is 0.508 e. The van der Waals surface area contributed by atoms with Crippen molar-refractivity contribution < 1.29 is 19.8 Å². The highest BCUT2D eigenvalue weighted by molar-refractivity contribution is 6.25. The van der Waals surface area contributed by atoms with E-state index < -0.39 is 23.3 Å². The summed E-state index contributed by atoms with van der Waals surface area (Å²) in [5.41, 5.74) is -0.332. The standard InChI is InChI=1S/C21H14N4O5/c1-10-15(8-22)18(27)24(2)19(28)16(10)9-23-25-20(29)13-5-3-4-11-6-12(26)7-14(17(11)13)21(25)30/h3-7,9,26,28H,1-2H3/b23-9+. The van der Waals surface area contributed by atoms with Crippen LogP contribution in [0.25, 0.3) is 10.8 Å². The molecule has 0 bridgehead atoms. The maximum Gasteiger partial charge on any atom is 0.282 e. The van der Waals surface area contributed by atoms with Crippen LogP contribution in [0.5, 0.6) is 11.6 Å². The molecular formula is C21H14N4O5. The molecule has 0 unspecified atom stereocenters. The zero-order valence-electron chi connectivity index (χ0n) is 15.9. The lowest BCUT2D eigenvalue weighted by atomic mass is 9.94. The van der Waals surface area contributed by atoms with Gasteiger partial charge in [-0.3, -0.25) is 19.0 Å². The Balaban J connectivity index is 1.87. The van der Waals surface area contributed by atoms with Crippen molar-refractivity contribution in [3.05, 3.63) is 68.5 Å². The molecule has 0 aliphatic carbocycles. The summed E-state index contributed by atoms with van der Waals surface area (Å²) >= 11 is 0. The van der Waals surface area contributed by atoms with Crippen LogP contribution in [0, 0.1) is 18.3 Å². The Labute approximate surface area is 169 Å². The number of hydrazone groups is 1. The average molecular weight is 402 g/mol. The van der Waals surface area contributed by atoms with E-state index in [9.17, 15) is 29.9 Å². The van der Waals surface area contributed by atoms with E-state index in [0.29, 0.717) is 15.8 Å². The van der Waals surface area contributed by atoms with Crippen LogP contribution >= 0.6 is 0 Å². The quantitative estimate of drug-likeness (QED) is 0.495. The van der Waals surface area contributed by atoms with Crippen molar-refractivity contribution in [3.63, 3.8) is 0 Å². The summed E-state index contributed by atoms with van der Waals surface area (Å²) in [4.78, 5) is 37.9. The van der Waals surface area contributed by atoms with Gasteiger partial charge in [0.2, 0.25) is 5.88 Å². The summed E-state index contributed by atoms with van der Waals surface area (Å²) in [6.45, 7) is 1.45.